The Morgan fingerprint density at radius 2 is 2.47 bits per heavy atom. The molecule has 0 radical (unpaired) electrons. The lowest BCUT2D eigenvalue weighted by Crippen LogP contribution is -2.09. The molecule has 0 amide bonds. The molecular weight excluding hydrogens is 244 g/mol. The molecule has 1 N–H and O–H groups in total. The fourth-order valence-electron chi connectivity index (χ4n) is 1.37. The summed E-state index contributed by atoms with van der Waals surface area (Å²) in [6.07, 6.45) is 1.71. The molecule has 2 aromatic rings. The van der Waals surface area contributed by atoms with Gasteiger partial charge in [0.1, 0.15) is 0 Å². The zero-order valence-electron chi connectivity index (χ0n) is 9.03. The smallest absolute Gasteiger partial charge is 0.358 e. The van der Waals surface area contributed by atoms with Gasteiger partial charge < -0.3 is 9.84 Å². The molecule has 7 nitrogen and oxygen atoms in total. The predicted molar refractivity (Wildman–Crippen MR) is 58.9 cm³/mol. The van der Waals surface area contributed by atoms with Crippen LogP contribution in [0.3, 0.4) is 0 Å². The highest BCUT2D eigenvalue weighted by Crippen LogP contribution is 2.12. The van der Waals surface area contributed by atoms with Gasteiger partial charge in [0.15, 0.2) is 5.69 Å². The Morgan fingerprint density at radius 1 is 1.65 bits per heavy atom. The molecule has 2 heterocycles. The van der Waals surface area contributed by atoms with Crippen LogP contribution in [0.2, 0.25) is 0 Å². The Balaban J connectivity index is 2.30. The topological polar surface area (TPSA) is 90.1 Å². The van der Waals surface area contributed by atoms with Crippen molar-refractivity contribution >= 4 is 17.3 Å². The van der Waals surface area contributed by atoms with E-state index in [1.54, 1.807) is 11.7 Å². The average molecular weight is 254 g/mol. The zero-order valence-corrected chi connectivity index (χ0v) is 9.85. The molecule has 0 aliphatic heterocycles. The highest BCUT2D eigenvalue weighted by molar-refractivity contribution is 7.09. The molecule has 2 rings (SSSR count). The molecule has 0 saturated carbocycles. The third-order valence-electron chi connectivity index (χ3n) is 2.11. The van der Waals surface area contributed by atoms with Gasteiger partial charge in [-0.15, -0.1) is 16.4 Å². The Kier molecular flexibility index (Phi) is 3.45. The van der Waals surface area contributed by atoms with Crippen LogP contribution in [0.25, 0.3) is 0 Å². The Bertz CT molecular complexity index is 508. The van der Waals surface area contributed by atoms with Crippen LogP contribution in [0.1, 0.15) is 21.1 Å². The molecule has 90 valence electrons. The maximum atomic E-state index is 10.9. The molecule has 0 aliphatic carbocycles. The fraction of sp³-hybridized carbons (Fsp3) is 0.333. The SMILES string of the molecule is COCc1c(C(=O)O)nnn1Cc1cncs1. The third-order valence-corrected chi connectivity index (χ3v) is 2.87. The van der Waals surface area contributed by atoms with Gasteiger partial charge in [-0.25, -0.2) is 9.48 Å². The second kappa shape index (κ2) is 5.02. The quantitative estimate of drug-likeness (QED) is 0.841. The second-order valence-electron chi connectivity index (χ2n) is 3.25. The zero-order chi connectivity index (χ0) is 12.3. The van der Waals surface area contributed by atoms with Crippen molar-refractivity contribution in [3.05, 3.63) is 28.0 Å². The molecular formula is C9H10N4O3S. The van der Waals surface area contributed by atoms with Crippen LogP contribution >= 0.6 is 11.3 Å². The lowest BCUT2D eigenvalue weighted by Gasteiger charge is -2.04. The van der Waals surface area contributed by atoms with E-state index in [1.807, 2.05) is 0 Å². The van der Waals surface area contributed by atoms with Crippen LogP contribution in [-0.2, 0) is 17.9 Å². The predicted octanol–water partition coefficient (Wildman–Crippen LogP) is 0.627. The van der Waals surface area contributed by atoms with Gasteiger partial charge in [-0.3, -0.25) is 4.98 Å². The number of methoxy groups -OCH3 is 1. The molecule has 0 aliphatic rings. The number of aromatic carboxylic acids is 1. The summed E-state index contributed by atoms with van der Waals surface area (Å²) in [7, 11) is 1.50. The van der Waals surface area contributed by atoms with E-state index in [1.165, 1.54) is 23.1 Å². The minimum absolute atomic E-state index is 0.0728. The van der Waals surface area contributed by atoms with Crippen molar-refractivity contribution in [2.24, 2.45) is 0 Å². The van der Waals surface area contributed by atoms with Crippen LogP contribution in [0, 0.1) is 0 Å². The molecule has 0 saturated heterocycles. The summed E-state index contributed by atoms with van der Waals surface area (Å²) in [6.45, 7) is 0.608. The Hall–Kier alpha value is -1.80. The summed E-state index contributed by atoms with van der Waals surface area (Å²) in [5, 5.41) is 16.4. The number of hydrogen-bond donors (Lipinski definition) is 1. The number of carboxylic acid groups (broad SMARTS) is 1. The number of hydrogen-bond acceptors (Lipinski definition) is 6. The molecule has 0 unspecified atom stereocenters. The van der Waals surface area contributed by atoms with Gasteiger partial charge >= 0.3 is 5.97 Å². The summed E-state index contributed by atoms with van der Waals surface area (Å²) in [5.41, 5.74) is 2.09. The monoisotopic (exact) mass is 254 g/mol. The molecule has 0 fully saturated rings. The summed E-state index contributed by atoms with van der Waals surface area (Å²) >= 11 is 1.47. The van der Waals surface area contributed by atoms with Gasteiger partial charge in [0.05, 0.1) is 24.4 Å². The molecule has 17 heavy (non-hydrogen) atoms. The van der Waals surface area contributed by atoms with Crippen LogP contribution < -0.4 is 0 Å². The number of rotatable bonds is 5. The van der Waals surface area contributed by atoms with Gasteiger partial charge in [0.25, 0.3) is 0 Å². The van der Waals surface area contributed by atoms with Crippen LogP contribution in [0.15, 0.2) is 11.7 Å². The van der Waals surface area contributed by atoms with Gasteiger partial charge in [-0.2, -0.15) is 0 Å². The second-order valence-corrected chi connectivity index (χ2v) is 4.22. The summed E-state index contributed by atoms with van der Waals surface area (Å²) in [5.74, 6) is -1.10. The first-order valence-corrected chi connectivity index (χ1v) is 5.62. The van der Waals surface area contributed by atoms with Crippen LogP contribution in [0.4, 0.5) is 0 Å². The third kappa shape index (κ3) is 2.48. The summed E-state index contributed by atoms with van der Waals surface area (Å²) < 4.78 is 6.47. The number of carbonyl (C=O) groups is 1. The maximum absolute atomic E-state index is 10.9. The molecule has 0 spiro atoms. The van der Waals surface area contributed by atoms with E-state index >= 15 is 0 Å². The molecule has 2 aromatic heterocycles. The largest absolute Gasteiger partial charge is 0.476 e. The lowest BCUT2D eigenvalue weighted by molar-refractivity contribution is 0.0684. The van der Waals surface area contributed by atoms with E-state index in [0.29, 0.717) is 12.2 Å². The van der Waals surface area contributed by atoms with E-state index in [4.69, 9.17) is 9.84 Å². The Morgan fingerprint density at radius 3 is 3.06 bits per heavy atom. The number of nitrogens with zero attached hydrogens (tertiary/aromatic N) is 4. The first-order valence-electron chi connectivity index (χ1n) is 4.74. The summed E-state index contributed by atoms with van der Waals surface area (Å²) in [4.78, 5) is 15.9. The van der Waals surface area contributed by atoms with Crippen molar-refractivity contribution in [2.45, 2.75) is 13.2 Å². The maximum Gasteiger partial charge on any atom is 0.358 e. The first kappa shape index (κ1) is 11.7. The van der Waals surface area contributed by atoms with Crippen LogP contribution in [-0.4, -0.2) is 38.2 Å². The van der Waals surface area contributed by atoms with Crippen molar-refractivity contribution < 1.29 is 14.6 Å². The van der Waals surface area contributed by atoms with E-state index in [0.717, 1.165) is 4.88 Å². The van der Waals surface area contributed by atoms with Crippen molar-refractivity contribution in [1.29, 1.82) is 0 Å². The number of thiazole rings is 1. The average Bonchev–Trinajstić information content (AvgIpc) is 2.90. The standard InChI is InChI=1S/C9H10N4O3S/c1-16-4-7-8(9(14)15)11-12-13(7)3-6-2-10-5-17-6/h2,5H,3-4H2,1H3,(H,14,15). The normalized spacial score (nSPS) is 10.6. The van der Waals surface area contributed by atoms with E-state index < -0.39 is 5.97 Å². The fourth-order valence-corrected chi connectivity index (χ4v) is 1.95. The molecule has 8 heteroatoms. The van der Waals surface area contributed by atoms with Crippen molar-refractivity contribution in [2.75, 3.05) is 7.11 Å². The van der Waals surface area contributed by atoms with Crippen LogP contribution in [0.5, 0.6) is 0 Å². The highest BCUT2D eigenvalue weighted by Gasteiger charge is 2.18. The first-order chi connectivity index (χ1) is 8.22. The lowest BCUT2D eigenvalue weighted by atomic mass is 10.3. The van der Waals surface area contributed by atoms with E-state index in [2.05, 4.69) is 15.3 Å². The molecule has 0 atom stereocenters. The van der Waals surface area contributed by atoms with Gasteiger partial charge in [-0.05, 0) is 0 Å². The van der Waals surface area contributed by atoms with E-state index in [-0.39, 0.29) is 12.3 Å². The number of aromatic nitrogens is 4. The van der Waals surface area contributed by atoms with Gasteiger partial charge in [-0.1, -0.05) is 5.21 Å². The number of carboxylic acids is 1. The van der Waals surface area contributed by atoms with Crippen molar-refractivity contribution in [3.63, 3.8) is 0 Å². The minimum atomic E-state index is -1.10. The minimum Gasteiger partial charge on any atom is -0.476 e. The van der Waals surface area contributed by atoms with Crippen molar-refractivity contribution in [3.8, 4) is 0 Å². The van der Waals surface area contributed by atoms with Gasteiger partial charge in [0.2, 0.25) is 0 Å². The molecule has 0 aromatic carbocycles. The number of ether oxygens (including phenoxy) is 1. The summed E-state index contributed by atoms with van der Waals surface area (Å²) in [6, 6.07) is 0. The van der Waals surface area contributed by atoms with Crippen molar-refractivity contribution in [1.82, 2.24) is 20.0 Å². The highest BCUT2D eigenvalue weighted by atomic mass is 32.1. The molecule has 0 bridgehead atoms. The van der Waals surface area contributed by atoms with E-state index in [9.17, 15) is 4.79 Å². The Labute approximate surface area is 101 Å². The van der Waals surface area contributed by atoms with Gasteiger partial charge in [0, 0.05) is 18.2 Å².